The van der Waals surface area contributed by atoms with Crippen LogP contribution in [-0.4, -0.2) is 14.8 Å². The molecule has 1 aromatic heterocycles. The van der Waals surface area contributed by atoms with Crippen molar-refractivity contribution in [3.05, 3.63) is 69.5 Å². The second kappa shape index (κ2) is 9.00. The fourth-order valence-electron chi connectivity index (χ4n) is 2.64. The van der Waals surface area contributed by atoms with Gasteiger partial charge in [-0.05, 0) is 48.7 Å². The summed E-state index contributed by atoms with van der Waals surface area (Å²) in [5, 5.41) is 10.6. The van der Waals surface area contributed by atoms with E-state index in [1.54, 1.807) is 11.8 Å². The van der Waals surface area contributed by atoms with E-state index in [0.717, 1.165) is 34.5 Å². The third-order valence-corrected chi connectivity index (χ3v) is 6.06. The highest BCUT2D eigenvalue weighted by atomic mass is 35.5. The number of aryl methyl sites for hydroxylation is 1. The van der Waals surface area contributed by atoms with Gasteiger partial charge in [-0.1, -0.05) is 60.1 Å². The first kappa shape index (κ1) is 20.1. The van der Waals surface area contributed by atoms with Crippen LogP contribution in [0.4, 0.5) is 0 Å². The largest absolute Gasteiger partial charge is 0.483 e. The molecule has 0 amide bonds. The van der Waals surface area contributed by atoms with Crippen molar-refractivity contribution >= 4 is 35.0 Å². The Kier molecular flexibility index (Phi) is 6.68. The van der Waals surface area contributed by atoms with E-state index in [4.69, 9.17) is 27.9 Å². The van der Waals surface area contributed by atoms with E-state index in [9.17, 15) is 0 Å². The molecule has 0 aliphatic carbocycles. The molecule has 3 rings (SSSR count). The Morgan fingerprint density at radius 1 is 1.04 bits per heavy atom. The second-order valence-corrected chi connectivity index (χ2v) is 7.95. The maximum absolute atomic E-state index is 6.08. The molecular weight excluding hydrogens is 401 g/mol. The monoisotopic (exact) mass is 421 g/mol. The van der Waals surface area contributed by atoms with Crippen molar-refractivity contribution in [1.82, 2.24) is 14.8 Å². The predicted molar refractivity (Wildman–Crippen MR) is 112 cm³/mol. The van der Waals surface area contributed by atoms with Gasteiger partial charge in [-0.3, -0.25) is 0 Å². The number of ether oxygens (including phenoxy) is 1. The van der Waals surface area contributed by atoms with Crippen molar-refractivity contribution < 1.29 is 4.74 Å². The van der Waals surface area contributed by atoms with Crippen LogP contribution in [-0.2, 0) is 19.2 Å². The highest BCUT2D eigenvalue weighted by molar-refractivity contribution is 7.98. The Hall–Kier alpha value is -1.69. The Morgan fingerprint density at radius 2 is 1.74 bits per heavy atom. The van der Waals surface area contributed by atoms with Gasteiger partial charge in [0.05, 0.1) is 10.0 Å². The van der Waals surface area contributed by atoms with Crippen molar-refractivity contribution in [1.29, 1.82) is 0 Å². The summed E-state index contributed by atoms with van der Waals surface area (Å²) in [4.78, 5) is 0. The summed E-state index contributed by atoms with van der Waals surface area (Å²) in [6.07, 6.45) is 0.813. The number of rotatable bonds is 7. The third-order valence-electron chi connectivity index (χ3n) is 4.23. The molecule has 0 bridgehead atoms. The summed E-state index contributed by atoms with van der Waals surface area (Å²) in [5.41, 5.74) is 2.37. The van der Waals surface area contributed by atoms with Crippen LogP contribution in [0.25, 0.3) is 0 Å². The van der Waals surface area contributed by atoms with E-state index in [2.05, 4.69) is 29.3 Å². The second-order valence-electron chi connectivity index (χ2n) is 6.19. The molecule has 0 saturated heterocycles. The van der Waals surface area contributed by atoms with Gasteiger partial charge in [0.1, 0.15) is 5.75 Å². The van der Waals surface area contributed by atoms with Crippen molar-refractivity contribution in [3.63, 3.8) is 0 Å². The number of hydrogen-bond acceptors (Lipinski definition) is 4. The fraction of sp³-hybridized carbons (Fsp3) is 0.300. The summed E-state index contributed by atoms with van der Waals surface area (Å²) < 4.78 is 7.99. The van der Waals surface area contributed by atoms with E-state index in [1.165, 1.54) is 5.56 Å². The van der Waals surface area contributed by atoms with Gasteiger partial charge in [0, 0.05) is 12.8 Å². The molecule has 27 heavy (non-hydrogen) atoms. The normalized spacial score (nSPS) is 12.2. The fourth-order valence-corrected chi connectivity index (χ4v) is 3.83. The van der Waals surface area contributed by atoms with Gasteiger partial charge < -0.3 is 9.30 Å². The van der Waals surface area contributed by atoms with Crippen LogP contribution in [0.2, 0.25) is 10.0 Å². The summed E-state index contributed by atoms with van der Waals surface area (Å²) in [5.74, 6) is 2.34. The summed E-state index contributed by atoms with van der Waals surface area (Å²) in [6.45, 7) is 4.11. The van der Waals surface area contributed by atoms with E-state index in [1.807, 2.05) is 48.9 Å². The summed E-state index contributed by atoms with van der Waals surface area (Å²) in [6, 6.07) is 13.8. The van der Waals surface area contributed by atoms with E-state index < -0.39 is 0 Å². The van der Waals surface area contributed by atoms with Crippen molar-refractivity contribution in [2.75, 3.05) is 0 Å². The topological polar surface area (TPSA) is 39.9 Å². The van der Waals surface area contributed by atoms with Crippen LogP contribution in [0.1, 0.15) is 36.9 Å². The minimum absolute atomic E-state index is 0.200. The quantitative estimate of drug-likeness (QED) is 0.431. The first-order chi connectivity index (χ1) is 13.0. The number of thioether (sulfide) groups is 1. The van der Waals surface area contributed by atoms with Crippen LogP contribution in [0, 0.1) is 0 Å². The molecule has 2 aromatic carbocycles. The molecule has 0 spiro atoms. The third kappa shape index (κ3) is 4.98. The lowest BCUT2D eigenvalue weighted by Crippen LogP contribution is -2.10. The maximum Gasteiger partial charge on any atom is 0.191 e. The van der Waals surface area contributed by atoms with Gasteiger partial charge in [0.2, 0.25) is 0 Å². The van der Waals surface area contributed by atoms with Crippen LogP contribution in [0.3, 0.4) is 0 Å². The van der Waals surface area contributed by atoms with Crippen LogP contribution < -0.4 is 4.74 Å². The molecule has 142 valence electrons. The highest BCUT2D eigenvalue weighted by Gasteiger charge is 2.17. The average Bonchev–Trinajstić information content (AvgIpc) is 3.04. The lowest BCUT2D eigenvalue weighted by molar-refractivity contribution is 0.211. The van der Waals surface area contributed by atoms with E-state index in [0.29, 0.717) is 10.0 Å². The minimum Gasteiger partial charge on any atom is -0.483 e. The maximum atomic E-state index is 6.08. The molecule has 0 aliphatic rings. The first-order valence-electron chi connectivity index (χ1n) is 8.69. The zero-order valence-corrected chi connectivity index (χ0v) is 17.8. The molecule has 0 saturated carbocycles. The Morgan fingerprint density at radius 3 is 2.41 bits per heavy atom. The number of hydrogen-bond donors (Lipinski definition) is 0. The zero-order chi connectivity index (χ0) is 19.4. The number of benzene rings is 2. The lowest BCUT2D eigenvalue weighted by Gasteiger charge is -2.14. The molecule has 0 N–H and O–H groups in total. The molecule has 0 fully saturated rings. The minimum atomic E-state index is -0.200. The lowest BCUT2D eigenvalue weighted by atomic mass is 10.2. The Bertz CT molecular complexity index is 912. The summed E-state index contributed by atoms with van der Waals surface area (Å²) >= 11 is 13.6. The Labute approximate surface area is 173 Å². The van der Waals surface area contributed by atoms with Gasteiger partial charge in [-0.25, -0.2) is 0 Å². The van der Waals surface area contributed by atoms with E-state index >= 15 is 0 Å². The molecule has 0 aliphatic heterocycles. The molecule has 1 atom stereocenters. The molecule has 0 unspecified atom stereocenters. The predicted octanol–water partition coefficient (Wildman–Crippen LogP) is 6.12. The first-order valence-corrected chi connectivity index (χ1v) is 10.4. The SMILES string of the molecule is CCc1ccc(O[C@@H](C)c2nnc(SCc3ccc(Cl)c(Cl)c3)n2C)cc1. The highest BCUT2D eigenvalue weighted by Crippen LogP contribution is 2.28. The van der Waals surface area contributed by atoms with Gasteiger partial charge in [0.25, 0.3) is 0 Å². The molecule has 1 heterocycles. The standard InChI is InChI=1S/C20H21Cl2N3OS/c1-4-14-5-8-16(9-6-14)26-13(2)19-23-24-20(25(19)3)27-12-15-7-10-17(21)18(22)11-15/h5-11,13H,4,12H2,1-3H3/t13-/m0/s1. The molecule has 4 nitrogen and oxygen atoms in total. The summed E-state index contributed by atoms with van der Waals surface area (Å²) in [7, 11) is 1.95. The van der Waals surface area contributed by atoms with Crippen molar-refractivity contribution in [2.24, 2.45) is 7.05 Å². The molecular formula is C20H21Cl2N3OS. The molecule has 0 radical (unpaired) electrons. The van der Waals surface area contributed by atoms with Crippen molar-refractivity contribution in [2.45, 2.75) is 37.3 Å². The molecule has 3 aromatic rings. The van der Waals surface area contributed by atoms with Crippen LogP contribution in [0.15, 0.2) is 47.6 Å². The smallest absolute Gasteiger partial charge is 0.191 e. The van der Waals surface area contributed by atoms with Gasteiger partial charge in [0.15, 0.2) is 17.1 Å². The number of aromatic nitrogens is 3. The van der Waals surface area contributed by atoms with Gasteiger partial charge in [-0.2, -0.15) is 0 Å². The van der Waals surface area contributed by atoms with Crippen molar-refractivity contribution in [3.8, 4) is 5.75 Å². The van der Waals surface area contributed by atoms with Gasteiger partial charge >= 0.3 is 0 Å². The van der Waals surface area contributed by atoms with Crippen LogP contribution >= 0.6 is 35.0 Å². The molecule has 7 heteroatoms. The number of nitrogens with zero attached hydrogens (tertiary/aromatic N) is 3. The number of halogens is 2. The van der Waals surface area contributed by atoms with Crippen LogP contribution in [0.5, 0.6) is 5.75 Å². The Balaban J connectivity index is 1.65. The zero-order valence-electron chi connectivity index (χ0n) is 15.4. The van der Waals surface area contributed by atoms with E-state index in [-0.39, 0.29) is 6.10 Å². The average molecular weight is 422 g/mol. The van der Waals surface area contributed by atoms with Gasteiger partial charge in [-0.15, -0.1) is 10.2 Å².